The summed E-state index contributed by atoms with van der Waals surface area (Å²) in [6.45, 7) is 1.61. The zero-order chi connectivity index (χ0) is 15.3. The fraction of sp³-hybridized carbons (Fsp3) is 0.182. The number of anilines is 1. The number of carbonyl (C=O) groups excluding carboxylic acids is 1. The van der Waals surface area contributed by atoms with Crippen molar-refractivity contribution in [2.75, 3.05) is 5.32 Å². The van der Waals surface area contributed by atoms with Crippen molar-refractivity contribution in [2.45, 2.75) is 13.1 Å². The Morgan fingerprint density at radius 1 is 1.40 bits per heavy atom. The van der Waals surface area contributed by atoms with Crippen LogP contribution in [-0.4, -0.2) is 22.9 Å². The third kappa shape index (κ3) is 4.84. The van der Waals surface area contributed by atoms with E-state index in [1.54, 1.807) is 18.3 Å². The summed E-state index contributed by atoms with van der Waals surface area (Å²) in [6.07, 6.45) is -4.94. The third-order valence-corrected chi connectivity index (χ3v) is 2.22. The van der Waals surface area contributed by atoms with E-state index in [0.29, 0.717) is 11.3 Å². The molecule has 0 saturated carbocycles. The molecule has 1 aromatic carbocycles. The normalized spacial score (nSPS) is 11.9. The lowest BCUT2D eigenvalue weighted by atomic mass is 10.1. The summed E-state index contributed by atoms with van der Waals surface area (Å²) < 4.78 is 36.4. The Kier molecular flexibility index (Phi) is 5.03. The molecule has 0 atom stereocenters. The van der Waals surface area contributed by atoms with Gasteiger partial charge in [-0.3, -0.25) is 10.2 Å². The molecule has 1 rings (SSSR count). The highest BCUT2D eigenvalue weighted by molar-refractivity contribution is 7.80. The SMILES string of the molecule is CC(=NNC(N)=S)c1cccc(NC(=O)C(F)(F)F)c1. The molecule has 0 radical (unpaired) electrons. The van der Waals surface area contributed by atoms with Gasteiger partial charge in [-0.1, -0.05) is 12.1 Å². The van der Waals surface area contributed by atoms with Gasteiger partial charge in [0, 0.05) is 5.69 Å². The minimum atomic E-state index is -4.94. The van der Waals surface area contributed by atoms with Crippen LogP contribution in [0.3, 0.4) is 0 Å². The second kappa shape index (κ2) is 6.33. The van der Waals surface area contributed by atoms with Crippen molar-refractivity contribution in [1.82, 2.24) is 5.43 Å². The van der Waals surface area contributed by atoms with E-state index in [2.05, 4.69) is 22.7 Å². The van der Waals surface area contributed by atoms with Gasteiger partial charge in [-0.05, 0) is 36.8 Å². The molecule has 0 heterocycles. The van der Waals surface area contributed by atoms with Crippen molar-refractivity contribution in [2.24, 2.45) is 10.8 Å². The Morgan fingerprint density at radius 3 is 2.60 bits per heavy atom. The van der Waals surface area contributed by atoms with Gasteiger partial charge in [-0.15, -0.1) is 0 Å². The first-order valence-electron chi connectivity index (χ1n) is 5.28. The average Bonchev–Trinajstić information content (AvgIpc) is 2.35. The van der Waals surface area contributed by atoms with Crippen molar-refractivity contribution in [1.29, 1.82) is 0 Å². The molecule has 1 amide bonds. The number of carbonyl (C=O) groups is 1. The number of amides is 1. The minimum absolute atomic E-state index is 0.00898. The van der Waals surface area contributed by atoms with Gasteiger partial charge in [-0.25, -0.2) is 0 Å². The van der Waals surface area contributed by atoms with Crippen LogP contribution in [0.4, 0.5) is 18.9 Å². The molecular weight excluding hydrogens is 293 g/mol. The van der Waals surface area contributed by atoms with Crippen LogP contribution in [0, 0.1) is 0 Å². The lowest BCUT2D eigenvalue weighted by Gasteiger charge is -2.09. The molecule has 0 saturated heterocycles. The molecule has 0 aliphatic heterocycles. The molecule has 0 unspecified atom stereocenters. The molecular formula is C11H11F3N4OS. The molecule has 0 spiro atoms. The van der Waals surface area contributed by atoms with E-state index in [9.17, 15) is 18.0 Å². The van der Waals surface area contributed by atoms with Gasteiger partial charge in [0.05, 0.1) is 5.71 Å². The summed E-state index contributed by atoms with van der Waals surface area (Å²) in [5.74, 6) is -2.04. The van der Waals surface area contributed by atoms with Gasteiger partial charge in [-0.2, -0.15) is 18.3 Å². The van der Waals surface area contributed by atoms with Gasteiger partial charge in [0.25, 0.3) is 0 Å². The second-order valence-corrected chi connectivity index (χ2v) is 4.15. The molecule has 0 aliphatic rings. The Hall–Kier alpha value is -2.16. The van der Waals surface area contributed by atoms with Crippen LogP contribution < -0.4 is 16.5 Å². The topological polar surface area (TPSA) is 79.5 Å². The van der Waals surface area contributed by atoms with Crippen LogP contribution >= 0.6 is 12.2 Å². The number of halogens is 3. The molecule has 108 valence electrons. The molecule has 0 fully saturated rings. The summed E-state index contributed by atoms with van der Waals surface area (Å²) in [7, 11) is 0. The predicted octanol–water partition coefficient (Wildman–Crippen LogP) is 1.74. The summed E-state index contributed by atoms with van der Waals surface area (Å²) in [5, 5.41) is 5.54. The number of nitrogens with two attached hydrogens (primary N) is 1. The molecule has 4 N–H and O–H groups in total. The Morgan fingerprint density at radius 2 is 2.05 bits per heavy atom. The molecule has 0 bridgehead atoms. The molecule has 20 heavy (non-hydrogen) atoms. The Balaban J connectivity index is 2.88. The van der Waals surface area contributed by atoms with Crippen molar-refractivity contribution >= 4 is 34.6 Å². The first-order chi connectivity index (χ1) is 9.20. The van der Waals surface area contributed by atoms with E-state index in [1.807, 2.05) is 0 Å². The number of rotatable bonds is 3. The zero-order valence-electron chi connectivity index (χ0n) is 10.3. The number of alkyl halides is 3. The highest BCUT2D eigenvalue weighted by Crippen LogP contribution is 2.19. The van der Waals surface area contributed by atoms with Crippen molar-refractivity contribution in [3.05, 3.63) is 29.8 Å². The standard InChI is InChI=1S/C11H11F3N4OS/c1-6(17-18-10(15)20)7-3-2-4-8(5-7)16-9(19)11(12,13)14/h2-5H,1H3,(H,16,19)(H3,15,18,20). The Labute approximate surface area is 118 Å². The Bertz CT molecular complexity index is 557. The summed E-state index contributed by atoms with van der Waals surface area (Å²) >= 11 is 4.57. The first kappa shape index (κ1) is 15.9. The molecule has 5 nitrogen and oxygen atoms in total. The average molecular weight is 304 g/mol. The molecule has 1 aromatic rings. The van der Waals surface area contributed by atoms with Crippen LogP contribution in [-0.2, 0) is 4.79 Å². The molecule has 0 aliphatic carbocycles. The number of benzene rings is 1. The number of hydrazone groups is 1. The van der Waals surface area contributed by atoms with Gasteiger partial charge in [0.15, 0.2) is 5.11 Å². The van der Waals surface area contributed by atoms with Crippen LogP contribution in [0.1, 0.15) is 12.5 Å². The second-order valence-electron chi connectivity index (χ2n) is 3.71. The van der Waals surface area contributed by atoms with Crippen LogP contribution in [0.15, 0.2) is 29.4 Å². The van der Waals surface area contributed by atoms with Gasteiger partial charge in [0.2, 0.25) is 0 Å². The van der Waals surface area contributed by atoms with Gasteiger partial charge in [0.1, 0.15) is 0 Å². The number of nitrogens with zero attached hydrogens (tertiary/aromatic N) is 1. The van der Waals surface area contributed by atoms with Crippen molar-refractivity contribution in [3.8, 4) is 0 Å². The van der Waals surface area contributed by atoms with Crippen LogP contribution in [0.5, 0.6) is 0 Å². The lowest BCUT2D eigenvalue weighted by molar-refractivity contribution is -0.167. The molecule has 0 aromatic heterocycles. The number of nitrogens with one attached hydrogen (secondary N) is 2. The highest BCUT2D eigenvalue weighted by Gasteiger charge is 2.38. The third-order valence-electron chi connectivity index (χ3n) is 2.13. The van der Waals surface area contributed by atoms with Gasteiger partial charge < -0.3 is 11.1 Å². The highest BCUT2D eigenvalue weighted by atomic mass is 32.1. The lowest BCUT2D eigenvalue weighted by Crippen LogP contribution is -2.30. The summed E-state index contributed by atoms with van der Waals surface area (Å²) in [5.41, 5.74) is 8.51. The minimum Gasteiger partial charge on any atom is -0.375 e. The van der Waals surface area contributed by atoms with Gasteiger partial charge >= 0.3 is 12.1 Å². The monoisotopic (exact) mass is 304 g/mol. The zero-order valence-corrected chi connectivity index (χ0v) is 11.1. The maximum Gasteiger partial charge on any atom is 0.471 e. The van der Waals surface area contributed by atoms with E-state index < -0.39 is 12.1 Å². The number of hydrogen-bond acceptors (Lipinski definition) is 3. The summed E-state index contributed by atoms with van der Waals surface area (Å²) in [4.78, 5) is 10.8. The van der Waals surface area contributed by atoms with E-state index in [4.69, 9.17) is 5.73 Å². The summed E-state index contributed by atoms with van der Waals surface area (Å²) in [6, 6.07) is 5.79. The first-order valence-corrected chi connectivity index (χ1v) is 5.69. The van der Waals surface area contributed by atoms with Crippen LogP contribution in [0.2, 0.25) is 0 Å². The maximum absolute atomic E-state index is 12.1. The fourth-order valence-electron chi connectivity index (χ4n) is 1.23. The van der Waals surface area contributed by atoms with E-state index in [-0.39, 0.29) is 10.8 Å². The van der Waals surface area contributed by atoms with Crippen molar-refractivity contribution < 1.29 is 18.0 Å². The largest absolute Gasteiger partial charge is 0.471 e. The quantitative estimate of drug-likeness (QED) is 0.451. The van der Waals surface area contributed by atoms with E-state index >= 15 is 0 Å². The fourth-order valence-corrected chi connectivity index (χ4v) is 1.27. The predicted molar refractivity (Wildman–Crippen MR) is 73.3 cm³/mol. The van der Waals surface area contributed by atoms with Crippen LogP contribution in [0.25, 0.3) is 0 Å². The maximum atomic E-state index is 12.1. The smallest absolute Gasteiger partial charge is 0.375 e. The van der Waals surface area contributed by atoms with E-state index in [1.165, 1.54) is 18.2 Å². The van der Waals surface area contributed by atoms with Crippen molar-refractivity contribution in [3.63, 3.8) is 0 Å². The number of thiocarbonyl (C=S) groups is 1. The van der Waals surface area contributed by atoms with E-state index in [0.717, 1.165) is 0 Å². The number of hydrogen-bond donors (Lipinski definition) is 3. The molecule has 9 heteroatoms.